The van der Waals surface area contributed by atoms with Gasteiger partial charge in [-0.05, 0) is 19.4 Å². The zero-order valence-corrected chi connectivity index (χ0v) is 11.1. The van der Waals surface area contributed by atoms with E-state index in [4.69, 9.17) is 9.47 Å². The Kier molecular flexibility index (Phi) is 4.19. The number of ether oxygens (including phenoxy) is 2. The Morgan fingerprint density at radius 1 is 1.50 bits per heavy atom. The minimum atomic E-state index is -0.834. The van der Waals surface area contributed by atoms with Crippen molar-refractivity contribution in [1.82, 2.24) is 4.98 Å². The highest BCUT2D eigenvalue weighted by Crippen LogP contribution is 2.36. The Bertz CT molecular complexity index is 396. The molecule has 0 amide bonds. The van der Waals surface area contributed by atoms with E-state index in [1.54, 1.807) is 12.4 Å². The van der Waals surface area contributed by atoms with Gasteiger partial charge in [-0.25, -0.2) is 0 Å². The van der Waals surface area contributed by atoms with E-state index >= 15 is 0 Å². The summed E-state index contributed by atoms with van der Waals surface area (Å²) >= 11 is 0. The minimum Gasteiger partial charge on any atom is -0.492 e. The summed E-state index contributed by atoms with van der Waals surface area (Å²) in [6, 6.07) is 1.88. The van der Waals surface area contributed by atoms with Gasteiger partial charge in [0.15, 0.2) is 0 Å². The van der Waals surface area contributed by atoms with Crippen molar-refractivity contribution in [3.8, 4) is 5.75 Å². The first kappa shape index (κ1) is 13.3. The Hall–Kier alpha value is -1.13. The normalized spacial score (nSPS) is 28.1. The summed E-state index contributed by atoms with van der Waals surface area (Å²) in [5, 5.41) is 10.8. The summed E-state index contributed by atoms with van der Waals surface area (Å²) in [7, 11) is 0. The zero-order chi connectivity index (χ0) is 13.0. The molecule has 2 atom stereocenters. The molecule has 2 heterocycles. The fourth-order valence-corrected chi connectivity index (χ4v) is 2.38. The molecule has 18 heavy (non-hydrogen) atoms. The lowest BCUT2D eigenvalue weighted by Gasteiger charge is -2.36. The third-order valence-corrected chi connectivity index (χ3v) is 3.45. The predicted molar refractivity (Wildman–Crippen MR) is 68.6 cm³/mol. The molecule has 0 spiro atoms. The number of hydrogen-bond acceptors (Lipinski definition) is 4. The lowest BCUT2D eigenvalue weighted by molar-refractivity contribution is -0.108. The van der Waals surface area contributed by atoms with Gasteiger partial charge in [0.1, 0.15) is 5.75 Å². The Labute approximate surface area is 108 Å². The van der Waals surface area contributed by atoms with Gasteiger partial charge < -0.3 is 14.6 Å². The van der Waals surface area contributed by atoms with Gasteiger partial charge in [-0.15, -0.1) is 0 Å². The number of rotatable bonds is 4. The molecule has 0 saturated carbocycles. The predicted octanol–water partition coefficient (Wildman–Crippen LogP) is 2.26. The van der Waals surface area contributed by atoms with Gasteiger partial charge in [-0.1, -0.05) is 6.92 Å². The topological polar surface area (TPSA) is 51.6 Å². The summed E-state index contributed by atoms with van der Waals surface area (Å²) < 4.78 is 11.0. The van der Waals surface area contributed by atoms with Crippen molar-refractivity contribution < 1.29 is 14.6 Å². The molecule has 0 bridgehead atoms. The molecular formula is C14H21NO3. The largest absolute Gasteiger partial charge is 0.492 e. The van der Waals surface area contributed by atoms with Crippen molar-refractivity contribution in [1.29, 1.82) is 0 Å². The summed E-state index contributed by atoms with van der Waals surface area (Å²) in [6.45, 7) is 5.20. The number of aliphatic hydroxyl groups is 1. The van der Waals surface area contributed by atoms with E-state index in [-0.39, 0.29) is 6.10 Å². The minimum absolute atomic E-state index is 0.125. The van der Waals surface area contributed by atoms with Crippen molar-refractivity contribution in [3.63, 3.8) is 0 Å². The summed E-state index contributed by atoms with van der Waals surface area (Å²) in [4.78, 5) is 4.15. The summed E-state index contributed by atoms with van der Waals surface area (Å²) in [6.07, 6.45) is 5.68. The second-order valence-corrected chi connectivity index (χ2v) is 4.73. The molecule has 100 valence electrons. The van der Waals surface area contributed by atoms with Crippen LogP contribution in [0.25, 0.3) is 0 Å². The van der Waals surface area contributed by atoms with Crippen molar-refractivity contribution in [2.24, 2.45) is 0 Å². The maximum atomic E-state index is 10.8. The van der Waals surface area contributed by atoms with Crippen molar-refractivity contribution >= 4 is 0 Å². The highest BCUT2D eigenvalue weighted by atomic mass is 16.5. The van der Waals surface area contributed by atoms with E-state index in [1.807, 2.05) is 13.0 Å². The molecule has 1 aliphatic heterocycles. The zero-order valence-electron chi connectivity index (χ0n) is 11.1. The molecule has 0 aliphatic carbocycles. The van der Waals surface area contributed by atoms with E-state index in [0.29, 0.717) is 31.8 Å². The standard InChI is InChI=1S/C14H21NO3/c1-3-12-8-14(16,5-6-18-12)11-7-13(17-4-2)10-15-9-11/h7,9-10,12,16H,3-6,8H2,1-2H3. The molecule has 4 heteroatoms. The smallest absolute Gasteiger partial charge is 0.137 e. The molecule has 2 unspecified atom stereocenters. The average Bonchev–Trinajstić information content (AvgIpc) is 2.39. The number of pyridine rings is 1. The molecule has 1 aromatic heterocycles. The van der Waals surface area contributed by atoms with Gasteiger partial charge in [0.05, 0.1) is 31.1 Å². The van der Waals surface area contributed by atoms with Gasteiger partial charge in [-0.2, -0.15) is 0 Å². The summed E-state index contributed by atoms with van der Waals surface area (Å²) in [5.74, 6) is 0.711. The maximum absolute atomic E-state index is 10.8. The van der Waals surface area contributed by atoms with Crippen LogP contribution in [0.2, 0.25) is 0 Å². The Balaban J connectivity index is 2.20. The van der Waals surface area contributed by atoms with Gasteiger partial charge in [0, 0.05) is 24.6 Å². The number of nitrogens with zero attached hydrogens (tertiary/aromatic N) is 1. The van der Waals surface area contributed by atoms with Crippen LogP contribution in [0.1, 0.15) is 38.7 Å². The van der Waals surface area contributed by atoms with Crippen LogP contribution in [0.15, 0.2) is 18.5 Å². The van der Waals surface area contributed by atoms with E-state index < -0.39 is 5.60 Å². The van der Waals surface area contributed by atoms with Crippen LogP contribution < -0.4 is 4.74 Å². The Morgan fingerprint density at radius 3 is 3.06 bits per heavy atom. The van der Waals surface area contributed by atoms with Crippen LogP contribution >= 0.6 is 0 Å². The lowest BCUT2D eigenvalue weighted by atomic mass is 9.84. The number of hydrogen-bond donors (Lipinski definition) is 1. The average molecular weight is 251 g/mol. The van der Waals surface area contributed by atoms with Gasteiger partial charge in [0.25, 0.3) is 0 Å². The first-order valence-electron chi connectivity index (χ1n) is 6.60. The third-order valence-electron chi connectivity index (χ3n) is 3.45. The summed E-state index contributed by atoms with van der Waals surface area (Å²) in [5.41, 5.74) is -0.00540. The van der Waals surface area contributed by atoms with E-state index in [2.05, 4.69) is 11.9 Å². The maximum Gasteiger partial charge on any atom is 0.137 e. The highest BCUT2D eigenvalue weighted by molar-refractivity contribution is 5.28. The molecule has 0 aromatic carbocycles. The molecule has 1 aromatic rings. The molecule has 2 rings (SSSR count). The molecule has 1 fully saturated rings. The SMILES string of the molecule is CCOc1cncc(C2(O)CCOC(CC)C2)c1. The lowest BCUT2D eigenvalue weighted by Crippen LogP contribution is -2.38. The van der Waals surface area contributed by atoms with Crippen LogP contribution in [-0.4, -0.2) is 29.4 Å². The fraction of sp³-hybridized carbons (Fsp3) is 0.643. The monoisotopic (exact) mass is 251 g/mol. The molecule has 1 aliphatic rings. The van der Waals surface area contributed by atoms with Crippen LogP contribution in [-0.2, 0) is 10.3 Å². The molecule has 4 nitrogen and oxygen atoms in total. The third kappa shape index (κ3) is 2.82. The first-order valence-corrected chi connectivity index (χ1v) is 6.60. The molecular weight excluding hydrogens is 230 g/mol. The van der Waals surface area contributed by atoms with Crippen LogP contribution in [0.4, 0.5) is 0 Å². The second-order valence-electron chi connectivity index (χ2n) is 4.73. The van der Waals surface area contributed by atoms with Crippen molar-refractivity contribution in [2.75, 3.05) is 13.2 Å². The highest BCUT2D eigenvalue weighted by Gasteiger charge is 2.36. The number of aromatic nitrogens is 1. The van der Waals surface area contributed by atoms with Gasteiger partial charge in [0.2, 0.25) is 0 Å². The fourth-order valence-electron chi connectivity index (χ4n) is 2.38. The molecule has 0 radical (unpaired) electrons. The van der Waals surface area contributed by atoms with Crippen LogP contribution in [0.5, 0.6) is 5.75 Å². The second kappa shape index (κ2) is 5.67. The first-order chi connectivity index (χ1) is 8.68. The van der Waals surface area contributed by atoms with Gasteiger partial charge >= 0.3 is 0 Å². The van der Waals surface area contributed by atoms with Gasteiger partial charge in [-0.3, -0.25) is 4.98 Å². The van der Waals surface area contributed by atoms with Crippen molar-refractivity contribution in [3.05, 3.63) is 24.0 Å². The Morgan fingerprint density at radius 2 is 2.33 bits per heavy atom. The van der Waals surface area contributed by atoms with E-state index in [1.165, 1.54) is 0 Å². The van der Waals surface area contributed by atoms with Crippen LogP contribution in [0, 0.1) is 0 Å². The van der Waals surface area contributed by atoms with Crippen molar-refractivity contribution in [2.45, 2.75) is 44.8 Å². The quantitative estimate of drug-likeness (QED) is 0.891. The van der Waals surface area contributed by atoms with E-state index in [9.17, 15) is 5.11 Å². The van der Waals surface area contributed by atoms with E-state index in [0.717, 1.165) is 12.0 Å². The molecule has 1 saturated heterocycles. The molecule has 1 N–H and O–H groups in total. The van der Waals surface area contributed by atoms with Crippen LogP contribution in [0.3, 0.4) is 0 Å².